The molecule has 4 nitrogen and oxygen atoms in total. The van der Waals surface area contributed by atoms with Crippen molar-refractivity contribution in [2.75, 3.05) is 12.3 Å². The highest BCUT2D eigenvalue weighted by molar-refractivity contribution is 7.99. The molecule has 2 amide bonds. The number of amides is 2. The predicted octanol–water partition coefficient (Wildman–Crippen LogP) is 3.58. The number of thioether (sulfide) groups is 1. The van der Waals surface area contributed by atoms with E-state index >= 15 is 0 Å². The minimum Gasteiger partial charge on any atom is -0.393 e. The molecule has 0 aromatic heterocycles. The lowest BCUT2D eigenvalue weighted by Gasteiger charge is -2.26. The molecule has 0 spiro atoms. The van der Waals surface area contributed by atoms with E-state index in [9.17, 15) is 9.90 Å². The van der Waals surface area contributed by atoms with Crippen LogP contribution < -0.4 is 10.6 Å². The first-order valence-electron chi connectivity index (χ1n) is 7.60. The largest absolute Gasteiger partial charge is 0.393 e. The summed E-state index contributed by atoms with van der Waals surface area (Å²) in [6, 6.07) is 5.67. The number of fused-ring (bicyclic) bond motifs is 1. The van der Waals surface area contributed by atoms with Gasteiger partial charge in [0.25, 0.3) is 0 Å². The van der Waals surface area contributed by atoms with Gasteiger partial charge in [0.1, 0.15) is 0 Å². The molecule has 0 bridgehead atoms. The van der Waals surface area contributed by atoms with Crippen LogP contribution in [0.4, 0.5) is 4.79 Å². The molecular weight excluding hydrogens is 320 g/mol. The van der Waals surface area contributed by atoms with Crippen LogP contribution in [0.2, 0.25) is 5.02 Å². The van der Waals surface area contributed by atoms with Gasteiger partial charge in [0.15, 0.2) is 0 Å². The molecule has 22 heavy (non-hydrogen) atoms. The van der Waals surface area contributed by atoms with Gasteiger partial charge in [0.2, 0.25) is 0 Å². The van der Waals surface area contributed by atoms with E-state index in [1.165, 1.54) is 4.90 Å². The fourth-order valence-electron chi connectivity index (χ4n) is 2.66. The number of hydrogen-bond donors (Lipinski definition) is 3. The van der Waals surface area contributed by atoms with Gasteiger partial charge in [-0.3, -0.25) is 0 Å². The molecule has 2 rings (SSSR count). The summed E-state index contributed by atoms with van der Waals surface area (Å²) in [6.45, 7) is 4.33. The number of hydrogen-bond acceptors (Lipinski definition) is 3. The number of carbonyl (C=O) groups is 1. The molecule has 0 saturated heterocycles. The Balaban J connectivity index is 1.89. The zero-order chi connectivity index (χ0) is 16.1. The topological polar surface area (TPSA) is 61.4 Å². The van der Waals surface area contributed by atoms with Gasteiger partial charge in [-0.1, -0.05) is 18.5 Å². The highest BCUT2D eigenvalue weighted by Gasteiger charge is 2.22. The third-order valence-electron chi connectivity index (χ3n) is 3.67. The van der Waals surface area contributed by atoms with Crippen LogP contribution >= 0.6 is 23.4 Å². The molecule has 6 heteroatoms. The fourth-order valence-corrected chi connectivity index (χ4v) is 3.94. The Morgan fingerprint density at radius 1 is 1.50 bits per heavy atom. The number of aliphatic hydroxyl groups is 1. The van der Waals surface area contributed by atoms with E-state index in [2.05, 4.69) is 10.6 Å². The van der Waals surface area contributed by atoms with Crippen molar-refractivity contribution in [2.24, 2.45) is 5.92 Å². The molecule has 0 radical (unpaired) electrons. The smallest absolute Gasteiger partial charge is 0.315 e. The van der Waals surface area contributed by atoms with Crippen molar-refractivity contribution in [3.8, 4) is 0 Å². The summed E-state index contributed by atoms with van der Waals surface area (Å²) in [5, 5.41) is 15.9. The lowest BCUT2D eigenvalue weighted by Crippen LogP contribution is -2.41. The summed E-state index contributed by atoms with van der Waals surface area (Å²) in [7, 11) is 0. The van der Waals surface area contributed by atoms with Crippen LogP contribution in [0.15, 0.2) is 23.1 Å². The average Bonchev–Trinajstić information content (AvgIpc) is 2.45. The molecule has 1 aromatic rings. The zero-order valence-electron chi connectivity index (χ0n) is 12.9. The normalized spacial score (nSPS) is 19.9. The monoisotopic (exact) mass is 342 g/mol. The van der Waals surface area contributed by atoms with E-state index in [0.29, 0.717) is 18.0 Å². The summed E-state index contributed by atoms with van der Waals surface area (Å²) in [6.07, 6.45) is 1.23. The summed E-state index contributed by atoms with van der Waals surface area (Å²) in [5.41, 5.74) is 1.09. The minimum atomic E-state index is -0.343. The number of halogens is 1. The molecule has 3 N–H and O–H groups in total. The first-order valence-corrected chi connectivity index (χ1v) is 8.96. The molecule has 1 aromatic carbocycles. The van der Waals surface area contributed by atoms with Crippen molar-refractivity contribution in [3.05, 3.63) is 28.8 Å². The Morgan fingerprint density at radius 2 is 2.27 bits per heavy atom. The van der Waals surface area contributed by atoms with Crippen molar-refractivity contribution in [1.82, 2.24) is 10.6 Å². The van der Waals surface area contributed by atoms with Crippen molar-refractivity contribution < 1.29 is 9.90 Å². The van der Waals surface area contributed by atoms with Crippen LogP contribution in [0.3, 0.4) is 0 Å². The van der Waals surface area contributed by atoms with E-state index in [1.54, 1.807) is 18.7 Å². The van der Waals surface area contributed by atoms with Gasteiger partial charge in [0, 0.05) is 22.2 Å². The Hall–Kier alpha value is -0.910. The van der Waals surface area contributed by atoms with E-state index in [4.69, 9.17) is 11.6 Å². The van der Waals surface area contributed by atoms with Gasteiger partial charge in [-0.25, -0.2) is 4.79 Å². The number of aliphatic hydroxyl groups excluding tert-OH is 1. The number of carbonyl (C=O) groups excluding carboxylic acids is 1. The van der Waals surface area contributed by atoms with Gasteiger partial charge in [-0.15, -0.1) is 11.8 Å². The van der Waals surface area contributed by atoms with Crippen LogP contribution in [0, 0.1) is 5.92 Å². The third-order valence-corrected chi connectivity index (χ3v) is 5.03. The summed E-state index contributed by atoms with van der Waals surface area (Å²) in [4.78, 5) is 13.3. The standard InChI is InChI=1S/C16H23ClN2O2S/c1-10(7-11(2)20)9-18-16(21)19-14-5-6-22-15-4-3-12(17)8-13(14)15/h3-4,8,10-11,14,20H,5-7,9H2,1-2H3,(H2,18,19,21). The molecular formula is C16H23ClN2O2S. The van der Waals surface area contributed by atoms with Gasteiger partial charge in [0.05, 0.1) is 12.1 Å². The maximum atomic E-state index is 12.1. The number of benzene rings is 1. The first-order chi connectivity index (χ1) is 10.5. The highest BCUT2D eigenvalue weighted by atomic mass is 35.5. The molecule has 3 atom stereocenters. The minimum absolute atomic E-state index is 0.00187. The summed E-state index contributed by atoms with van der Waals surface area (Å²) >= 11 is 7.86. The molecule has 3 unspecified atom stereocenters. The van der Waals surface area contributed by atoms with Crippen LogP contribution in [0.1, 0.15) is 38.3 Å². The van der Waals surface area contributed by atoms with Crippen LogP contribution in [0.25, 0.3) is 0 Å². The van der Waals surface area contributed by atoms with Gasteiger partial charge in [-0.2, -0.15) is 0 Å². The Morgan fingerprint density at radius 3 is 3.00 bits per heavy atom. The second-order valence-corrected chi connectivity index (χ2v) is 7.49. The maximum absolute atomic E-state index is 12.1. The third kappa shape index (κ3) is 5.07. The quantitative estimate of drug-likeness (QED) is 0.766. The van der Waals surface area contributed by atoms with E-state index < -0.39 is 0 Å². The molecule has 122 valence electrons. The number of rotatable bonds is 5. The van der Waals surface area contributed by atoms with E-state index in [1.807, 2.05) is 25.1 Å². The number of urea groups is 1. The molecule has 1 aliphatic heterocycles. The maximum Gasteiger partial charge on any atom is 0.315 e. The Labute approximate surface area is 141 Å². The Bertz CT molecular complexity index is 525. The lowest BCUT2D eigenvalue weighted by atomic mass is 10.0. The summed E-state index contributed by atoms with van der Waals surface area (Å²) in [5.74, 6) is 1.23. The van der Waals surface area contributed by atoms with Gasteiger partial charge < -0.3 is 15.7 Å². The molecule has 1 heterocycles. The van der Waals surface area contributed by atoms with Crippen LogP contribution in [0.5, 0.6) is 0 Å². The van der Waals surface area contributed by atoms with Gasteiger partial charge >= 0.3 is 6.03 Å². The van der Waals surface area contributed by atoms with Gasteiger partial charge in [-0.05, 0) is 49.4 Å². The van der Waals surface area contributed by atoms with Crippen LogP contribution in [-0.4, -0.2) is 29.5 Å². The second kappa shape index (κ2) is 8.09. The zero-order valence-corrected chi connectivity index (χ0v) is 14.5. The fraction of sp³-hybridized carbons (Fsp3) is 0.562. The van der Waals surface area contributed by atoms with Crippen molar-refractivity contribution in [2.45, 2.75) is 43.7 Å². The molecule has 0 saturated carbocycles. The predicted molar refractivity (Wildman–Crippen MR) is 91.5 cm³/mol. The van der Waals surface area contributed by atoms with E-state index in [0.717, 1.165) is 17.7 Å². The molecule has 0 aliphatic carbocycles. The van der Waals surface area contributed by atoms with Crippen molar-refractivity contribution >= 4 is 29.4 Å². The van der Waals surface area contributed by atoms with E-state index in [-0.39, 0.29) is 24.1 Å². The highest BCUT2D eigenvalue weighted by Crippen LogP contribution is 2.37. The van der Waals surface area contributed by atoms with Crippen LogP contribution in [-0.2, 0) is 0 Å². The molecule has 1 aliphatic rings. The van der Waals surface area contributed by atoms with Crippen molar-refractivity contribution in [3.63, 3.8) is 0 Å². The first kappa shape index (κ1) is 17.4. The summed E-state index contributed by atoms with van der Waals surface area (Å²) < 4.78 is 0. The SMILES string of the molecule is CC(O)CC(C)CNC(=O)NC1CCSc2ccc(Cl)cc21. The number of nitrogens with one attached hydrogen (secondary N) is 2. The average molecular weight is 343 g/mol. The second-order valence-electron chi connectivity index (χ2n) is 5.92. The Kier molecular flexibility index (Phi) is 6.41. The van der Waals surface area contributed by atoms with Crippen molar-refractivity contribution in [1.29, 1.82) is 0 Å². The molecule has 0 fully saturated rings. The lowest BCUT2D eigenvalue weighted by molar-refractivity contribution is 0.163.